The first kappa shape index (κ1) is 12.9. The van der Waals surface area contributed by atoms with Crippen molar-refractivity contribution in [3.63, 3.8) is 0 Å². The maximum atomic E-state index is 4.44. The lowest BCUT2D eigenvalue weighted by molar-refractivity contribution is 0.827. The lowest BCUT2D eigenvalue weighted by atomic mass is 10.3. The van der Waals surface area contributed by atoms with E-state index in [1.165, 1.54) is 6.33 Å². The van der Waals surface area contributed by atoms with Gasteiger partial charge in [0.2, 0.25) is 0 Å². The standard InChI is InChI=1S/C12H14BrN5/c1-2-3-11-17-10(13)6-12(18-11)15-7-9-4-5-14-8-16-9/h4-6,8H,2-3,7H2,1H3,(H,15,17,18). The van der Waals surface area contributed by atoms with Crippen molar-refractivity contribution in [1.82, 2.24) is 19.9 Å². The van der Waals surface area contributed by atoms with Gasteiger partial charge in [-0.2, -0.15) is 0 Å². The van der Waals surface area contributed by atoms with Gasteiger partial charge in [-0.3, -0.25) is 0 Å². The van der Waals surface area contributed by atoms with Crippen molar-refractivity contribution in [3.05, 3.63) is 40.8 Å². The maximum absolute atomic E-state index is 4.44. The second-order valence-electron chi connectivity index (χ2n) is 3.80. The molecule has 0 bridgehead atoms. The van der Waals surface area contributed by atoms with Crippen LogP contribution in [0.15, 0.2) is 29.3 Å². The number of halogens is 1. The zero-order chi connectivity index (χ0) is 12.8. The highest BCUT2D eigenvalue weighted by Crippen LogP contribution is 2.13. The van der Waals surface area contributed by atoms with Crippen molar-refractivity contribution in [1.29, 1.82) is 0 Å². The molecule has 2 heterocycles. The van der Waals surface area contributed by atoms with Crippen LogP contribution in [0.25, 0.3) is 0 Å². The highest BCUT2D eigenvalue weighted by Gasteiger charge is 2.02. The predicted molar refractivity (Wildman–Crippen MR) is 73.1 cm³/mol. The summed E-state index contributed by atoms with van der Waals surface area (Å²) in [7, 11) is 0. The number of nitrogens with one attached hydrogen (secondary N) is 1. The maximum Gasteiger partial charge on any atom is 0.132 e. The van der Waals surface area contributed by atoms with Crippen molar-refractivity contribution >= 4 is 21.7 Å². The van der Waals surface area contributed by atoms with Crippen LogP contribution in [-0.2, 0) is 13.0 Å². The van der Waals surface area contributed by atoms with Gasteiger partial charge in [-0.15, -0.1) is 0 Å². The van der Waals surface area contributed by atoms with Gasteiger partial charge >= 0.3 is 0 Å². The van der Waals surface area contributed by atoms with Gasteiger partial charge in [0.15, 0.2) is 0 Å². The van der Waals surface area contributed by atoms with Crippen molar-refractivity contribution in [2.24, 2.45) is 0 Å². The number of hydrogen-bond donors (Lipinski definition) is 1. The first-order chi connectivity index (χ1) is 8.78. The van der Waals surface area contributed by atoms with Gasteiger partial charge in [-0.05, 0) is 28.4 Å². The van der Waals surface area contributed by atoms with E-state index in [2.05, 4.69) is 48.1 Å². The van der Waals surface area contributed by atoms with E-state index in [4.69, 9.17) is 0 Å². The molecule has 0 spiro atoms. The molecule has 0 atom stereocenters. The van der Waals surface area contributed by atoms with Crippen LogP contribution in [0.4, 0.5) is 5.82 Å². The molecule has 0 unspecified atom stereocenters. The SMILES string of the molecule is CCCc1nc(Br)cc(NCc2ccncn2)n1. The Labute approximate surface area is 114 Å². The van der Waals surface area contributed by atoms with Crippen molar-refractivity contribution < 1.29 is 0 Å². The molecule has 0 radical (unpaired) electrons. The summed E-state index contributed by atoms with van der Waals surface area (Å²) >= 11 is 3.39. The summed E-state index contributed by atoms with van der Waals surface area (Å²) in [5.41, 5.74) is 0.928. The summed E-state index contributed by atoms with van der Waals surface area (Å²) < 4.78 is 0.797. The van der Waals surface area contributed by atoms with Crippen LogP contribution in [0.5, 0.6) is 0 Å². The van der Waals surface area contributed by atoms with Gasteiger partial charge in [-0.1, -0.05) is 6.92 Å². The molecule has 1 N–H and O–H groups in total. The largest absolute Gasteiger partial charge is 0.364 e. The molecule has 0 aliphatic carbocycles. The lowest BCUT2D eigenvalue weighted by Crippen LogP contribution is -2.06. The molecule has 94 valence electrons. The summed E-state index contributed by atoms with van der Waals surface area (Å²) in [5, 5.41) is 3.23. The van der Waals surface area contributed by atoms with E-state index in [0.717, 1.165) is 34.8 Å². The summed E-state index contributed by atoms with van der Waals surface area (Å²) in [6.45, 7) is 2.73. The number of aromatic nitrogens is 4. The first-order valence-electron chi connectivity index (χ1n) is 5.80. The Morgan fingerprint density at radius 1 is 1.33 bits per heavy atom. The van der Waals surface area contributed by atoms with Crippen LogP contribution in [0.1, 0.15) is 24.9 Å². The molecule has 0 fully saturated rings. The third-order valence-electron chi connectivity index (χ3n) is 2.31. The highest BCUT2D eigenvalue weighted by molar-refractivity contribution is 9.10. The van der Waals surface area contributed by atoms with Crippen LogP contribution in [0, 0.1) is 0 Å². The van der Waals surface area contributed by atoms with Gasteiger partial charge in [-0.25, -0.2) is 19.9 Å². The molecule has 0 saturated carbocycles. The Morgan fingerprint density at radius 3 is 2.94 bits per heavy atom. The van der Waals surface area contributed by atoms with Crippen molar-refractivity contribution in [2.45, 2.75) is 26.3 Å². The number of aryl methyl sites for hydroxylation is 1. The van der Waals surface area contributed by atoms with Crippen LogP contribution >= 0.6 is 15.9 Å². The molecule has 0 aliphatic rings. The lowest BCUT2D eigenvalue weighted by Gasteiger charge is -2.07. The van der Waals surface area contributed by atoms with Gasteiger partial charge in [0.05, 0.1) is 12.2 Å². The molecule has 5 nitrogen and oxygen atoms in total. The van der Waals surface area contributed by atoms with E-state index in [9.17, 15) is 0 Å². The van der Waals surface area contributed by atoms with E-state index in [1.807, 2.05) is 12.1 Å². The van der Waals surface area contributed by atoms with Crippen molar-refractivity contribution in [2.75, 3.05) is 5.32 Å². The number of rotatable bonds is 5. The summed E-state index contributed by atoms with van der Waals surface area (Å²) in [6.07, 6.45) is 5.17. The Bertz CT molecular complexity index is 503. The third kappa shape index (κ3) is 3.73. The van der Waals surface area contributed by atoms with E-state index in [1.54, 1.807) is 6.20 Å². The molecule has 6 heteroatoms. The minimum absolute atomic E-state index is 0.623. The highest BCUT2D eigenvalue weighted by atomic mass is 79.9. The fourth-order valence-electron chi connectivity index (χ4n) is 1.49. The van der Waals surface area contributed by atoms with Crippen LogP contribution in [0.3, 0.4) is 0 Å². The topological polar surface area (TPSA) is 63.6 Å². The minimum atomic E-state index is 0.623. The Hall–Kier alpha value is -1.56. The normalized spacial score (nSPS) is 10.3. The van der Waals surface area contributed by atoms with E-state index < -0.39 is 0 Å². The van der Waals surface area contributed by atoms with E-state index in [0.29, 0.717) is 6.54 Å². The Balaban J connectivity index is 2.05. The molecule has 0 aliphatic heterocycles. The minimum Gasteiger partial charge on any atom is -0.364 e. The summed E-state index contributed by atoms with van der Waals surface area (Å²) in [6, 6.07) is 3.73. The number of nitrogens with zero attached hydrogens (tertiary/aromatic N) is 4. The molecular formula is C12H14BrN5. The van der Waals surface area contributed by atoms with Crippen LogP contribution in [0.2, 0.25) is 0 Å². The third-order valence-corrected chi connectivity index (χ3v) is 2.71. The molecule has 18 heavy (non-hydrogen) atoms. The Morgan fingerprint density at radius 2 is 2.22 bits per heavy atom. The van der Waals surface area contributed by atoms with Crippen molar-refractivity contribution in [3.8, 4) is 0 Å². The second kappa shape index (κ2) is 6.39. The predicted octanol–water partition coefficient (Wildman–Crippen LogP) is 2.59. The van der Waals surface area contributed by atoms with Crippen LogP contribution in [-0.4, -0.2) is 19.9 Å². The molecule has 0 amide bonds. The van der Waals surface area contributed by atoms with Gasteiger partial charge in [0, 0.05) is 18.7 Å². The molecule has 2 rings (SSSR count). The molecule has 2 aromatic rings. The summed E-state index contributed by atoms with van der Waals surface area (Å²) in [4.78, 5) is 16.8. The molecule has 0 saturated heterocycles. The second-order valence-corrected chi connectivity index (χ2v) is 4.61. The number of hydrogen-bond acceptors (Lipinski definition) is 5. The molecule has 0 aromatic carbocycles. The average Bonchev–Trinajstić information content (AvgIpc) is 2.37. The first-order valence-corrected chi connectivity index (χ1v) is 6.59. The zero-order valence-corrected chi connectivity index (χ0v) is 11.7. The van der Waals surface area contributed by atoms with E-state index >= 15 is 0 Å². The van der Waals surface area contributed by atoms with Gasteiger partial charge < -0.3 is 5.32 Å². The van der Waals surface area contributed by atoms with Crippen LogP contribution < -0.4 is 5.32 Å². The van der Waals surface area contributed by atoms with Gasteiger partial charge in [0.25, 0.3) is 0 Å². The average molecular weight is 308 g/mol. The fraction of sp³-hybridized carbons (Fsp3) is 0.333. The molecular weight excluding hydrogens is 294 g/mol. The quantitative estimate of drug-likeness (QED) is 0.860. The Kier molecular flexibility index (Phi) is 4.58. The monoisotopic (exact) mass is 307 g/mol. The zero-order valence-electron chi connectivity index (χ0n) is 10.1. The van der Waals surface area contributed by atoms with Gasteiger partial charge in [0.1, 0.15) is 22.6 Å². The number of anilines is 1. The molecule has 2 aromatic heterocycles. The smallest absolute Gasteiger partial charge is 0.132 e. The summed E-state index contributed by atoms with van der Waals surface area (Å²) in [5.74, 6) is 1.65. The fourth-order valence-corrected chi connectivity index (χ4v) is 1.92. The van der Waals surface area contributed by atoms with E-state index in [-0.39, 0.29) is 0 Å².